The lowest BCUT2D eigenvalue weighted by molar-refractivity contribution is -0.133. The van der Waals surface area contributed by atoms with E-state index in [1.165, 1.54) is 11.8 Å². The second kappa shape index (κ2) is 10.2. The molecule has 2 fully saturated rings. The Morgan fingerprint density at radius 1 is 1.11 bits per heavy atom. The van der Waals surface area contributed by atoms with Gasteiger partial charge in [-0.15, -0.1) is 0 Å². The first-order chi connectivity index (χ1) is 13.5. The van der Waals surface area contributed by atoms with Gasteiger partial charge in [0.15, 0.2) is 0 Å². The topological polar surface area (TPSA) is 43.9 Å². The van der Waals surface area contributed by atoms with Crippen LogP contribution in [-0.4, -0.2) is 70.6 Å². The molecule has 0 unspecified atom stereocenters. The van der Waals surface area contributed by atoms with Crippen LogP contribution in [0.15, 0.2) is 35.2 Å². The fraction of sp³-hybridized carbons (Fsp3) is 0.476. The highest BCUT2D eigenvalue weighted by Crippen LogP contribution is 2.32. The third-order valence-corrected chi connectivity index (χ3v) is 6.48. The zero-order valence-corrected chi connectivity index (χ0v) is 17.9. The molecule has 150 valence electrons. The van der Waals surface area contributed by atoms with Crippen molar-refractivity contribution in [3.05, 3.63) is 40.8 Å². The minimum atomic E-state index is -0.00707. The molecule has 0 spiro atoms. The number of thiocarbonyl (C=S) groups is 1. The maximum absolute atomic E-state index is 12.6. The van der Waals surface area contributed by atoms with Crippen LogP contribution in [0.1, 0.15) is 31.2 Å². The summed E-state index contributed by atoms with van der Waals surface area (Å²) in [6.07, 6.45) is 5.14. The molecule has 1 aromatic carbocycles. The van der Waals surface area contributed by atoms with Gasteiger partial charge in [0.2, 0.25) is 5.91 Å². The van der Waals surface area contributed by atoms with Gasteiger partial charge in [-0.3, -0.25) is 14.5 Å². The van der Waals surface area contributed by atoms with Gasteiger partial charge in [-0.25, -0.2) is 0 Å². The number of likely N-dealkylation sites (N-methyl/N-ethyl adjacent to an activating group) is 1. The lowest BCUT2D eigenvalue weighted by Crippen LogP contribution is -2.47. The lowest BCUT2D eigenvalue weighted by Gasteiger charge is -2.32. The van der Waals surface area contributed by atoms with E-state index in [9.17, 15) is 9.59 Å². The summed E-state index contributed by atoms with van der Waals surface area (Å²) >= 11 is 6.76. The molecule has 7 heteroatoms. The first kappa shape index (κ1) is 21.0. The largest absolute Gasteiger partial charge is 0.340 e. The Balaban J connectivity index is 1.39. The normalized spacial score (nSPS) is 19.7. The average Bonchev–Trinajstić information content (AvgIpc) is 2.96. The third kappa shape index (κ3) is 5.65. The average molecular weight is 418 g/mol. The fourth-order valence-corrected chi connectivity index (χ4v) is 4.64. The fourth-order valence-electron chi connectivity index (χ4n) is 3.33. The van der Waals surface area contributed by atoms with Crippen LogP contribution in [0.2, 0.25) is 0 Å². The smallest absolute Gasteiger partial charge is 0.266 e. The van der Waals surface area contributed by atoms with Gasteiger partial charge in [-0.05, 0) is 31.5 Å². The van der Waals surface area contributed by atoms with E-state index in [-0.39, 0.29) is 11.8 Å². The molecule has 0 N–H and O–H groups in total. The molecule has 0 aromatic heterocycles. The molecular weight excluding hydrogens is 390 g/mol. The molecule has 0 radical (unpaired) electrons. The van der Waals surface area contributed by atoms with Crippen molar-refractivity contribution in [3.63, 3.8) is 0 Å². The van der Waals surface area contributed by atoms with Crippen molar-refractivity contribution in [1.82, 2.24) is 14.7 Å². The molecule has 2 saturated heterocycles. The van der Waals surface area contributed by atoms with Crippen LogP contribution in [0.25, 0.3) is 6.08 Å². The molecule has 0 atom stereocenters. The number of hydrogen-bond donors (Lipinski definition) is 0. The van der Waals surface area contributed by atoms with Crippen LogP contribution >= 0.6 is 24.0 Å². The van der Waals surface area contributed by atoms with Gasteiger partial charge >= 0.3 is 0 Å². The number of rotatable bonds is 7. The van der Waals surface area contributed by atoms with E-state index in [1.54, 1.807) is 4.90 Å². The second-order valence-corrected chi connectivity index (χ2v) is 8.91. The van der Waals surface area contributed by atoms with Gasteiger partial charge in [0.25, 0.3) is 5.91 Å². The first-order valence-electron chi connectivity index (χ1n) is 9.81. The maximum Gasteiger partial charge on any atom is 0.266 e. The van der Waals surface area contributed by atoms with Crippen molar-refractivity contribution in [2.45, 2.75) is 25.7 Å². The summed E-state index contributed by atoms with van der Waals surface area (Å²) in [4.78, 5) is 31.5. The summed E-state index contributed by atoms with van der Waals surface area (Å²) in [6, 6.07) is 9.82. The van der Waals surface area contributed by atoms with E-state index >= 15 is 0 Å². The van der Waals surface area contributed by atoms with Crippen molar-refractivity contribution in [3.8, 4) is 0 Å². The van der Waals surface area contributed by atoms with E-state index in [0.717, 1.165) is 51.0 Å². The molecule has 0 saturated carbocycles. The second-order valence-electron chi connectivity index (χ2n) is 7.24. The monoisotopic (exact) mass is 417 g/mol. The standard InChI is InChI=1S/C21H27N3O2S2/c1-22-12-14-23(15-13-22)19(25)10-6-3-7-11-24-20(26)18(28-21(24)27)16-17-8-4-2-5-9-17/h2,4-5,8-9,16H,3,6-7,10-15H2,1H3. The van der Waals surface area contributed by atoms with E-state index < -0.39 is 0 Å². The molecular formula is C21H27N3O2S2. The zero-order valence-electron chi connectivity index (χ0n) is 16.3. The highest BCUT2D eigenvalue weighted by Gasteiger charge is 2.31. The van der Waals surface area contributed by atoms with Crippen molar-refractivity contribution in [1.29, 1.82) is 0 Å². The summed E-state index contributed by atoms with van der Waals surface area (Å²) in [6.45, 7) is 4.20. The summed E-state index contributed by atoms with van der Waals surface area (Å²) in [5.74, 6) is 0.247. The van der Waals surface area contributed by atoms with Gasteiger partial charge in [0, 0.05) is 39.1 Å². The molecule has 2 heterocycles. The summed E-state index contributed by atoms with van der Waals surface area (Å²) in [7, 11) is 2.09. The molecule has 0 bridgehead atoms. The van der Waals surface area contributed by atoms with Crippen molar-refractivity contribution in [2.75, 3.05) is 39.8 Å². The van der Waals surface area contributed by atoms with Crippen LogP contribution in [0.5, 0.6) is 0 Å². The summed E-state index contributed by atoms with van der Waals surface area (Å²) in [5, 5.41) is 0. The number of carbonyl (C=O) groups excluding carboxylic acids is 2. The van der Waals surface area contributed by atoms with E-state index in [0.29, 0.717) is 22.2 Å². The number of piperazine rings is 1. The van der Waals surface area contributed by atoms with Gasteiger partial charge in [-0.1, -0.05) is 60.7 Å². The molecule has 2 aliphatic heterocycles. The number of nitrogens with zero attached hydrogens (tertiary/aromatic N) is 3. The third-order valence-electron chi connectivity index (χ3n) is 5.10. The van der Waals surface area contributed by atoms with Crippen molar-refractivity contribution >= 4 is 46.2 Å². The molecule has 2 amide bonds. The Bertz CT molecular complexity index is 743. The molecule has 3 rings (SSSR count). The van der Waals surface area contributed by atoms with E-state index in [2.05, 4.69) is 11.9 Å². The highest BCUT2D eigenvalue weighted by atomic mass is 32.2. The highest BCUT2D eigenvalue weighted by molar-refractivity contribution is 8.26. The SMILES string of the molecule is CN1CCN(C(=O)CCCCCN2C(=O)C(=Cc3ccccc3)SC2=S)CC1. The lowest BCUT2D eigenvalue weighted by atomic mass is 10.1. The minimum Gasteiger partial charge on any atom is -0.340 e. The Labute approximate surface area is 176 Å². The molecule has 5 nitrogen and oxygen atoms in total. The van der Waals surface area contributed by atoms with Gasteiger partial charge < -0.3 is 9.80 Å². The van der Waals surface area contributed by atoms with E-state index in [1.807, 2.05) is 41.3 Å². The number of amides is 2. The predicted molar refractivity (Wildman–Crippen MR) is 119 cm³/mol. The van der Waals surface area contributed by atoms with Gasteiger partial charge in [0.1, 0.15) is 4.32 Å². The quantitative estimate of drug-likeness (QED) is 0.387. The van der Waals surface area contributed by atoms with Crippen LogP contribution < -0.4 is 0 Å². The molecule has 28 heavy (non-hydrogen) atoms. The zero-order chi connectivity index (χ0) is 19.9. The Hall–Kier alpha value is -1.70. The van der Waals surface area contributed by atoms with Crippen molar-refractivity contribution < 1.29 is 9.59 Å². The summed E-state index contributed by atoms with van der Waals surface area (Å²) < 4.78 is 0.626. The van der Waals surface area contributed by atoms with Crippen LogP contribution in [0, 0.1) is 0 Å². The Kier molecular flexibility index (Phi) is 7.65. The van der Waals surface area contributed by atoms with Crippen LogP contribution in [0.4, 0.5) is 0 Å². The minimum absolute atomic E-state index is 0.00707. The predicted octanol–water partition coefficient (Wildman–Crippen LogP) is 3.22. The number of thioether (sulfide) groups is 1. The van der Waals surface area contributed by atoms with Gasteiger partial charge in [-0.2, -0.15) is 0 Å². The summed E-state index contributed by atoms with van der Waals surface area (Å²) in [5.41, 5.74) is 1.01. The Morgan fingerprint density at radius 2 is 1.82 bits per heavy atom. The Morgan fingerprint density at radius 3 is 2.54 bits per heavy atom. The number of benzene rings is 1. The molecule has 0 aliphatic carbocycles. The first-order valence-corrected chi connectivity index (χ1v) is 11.0. The molecule has 2 aliphatic rings. The van der Waals surface area contributed by atoms with Crippen LogP contribution in [0.3, 0.4) is 0 Å². The van der Waals surface area contributed by atoms with Crippen molar-refractivity contribution in [2.24, 2.45) is 0 Å². The van der Waals surface area contributed by atoms with Gasteiger partial charge in [0.05, 0.1) is 4.91 Å². The molecule has 1 aromatic rings. The van der Waals surface area contributed by atoms with Crippen LogP contribution in [-0.2, 0) is 9.59 Å². The number of hydrogen-bond acceptors (Lipinski definition) is 5. The maximum atomic E-state index is 12.6. The van der Waals surface area contributed by atoms with E-state index in [4.69, 9.17) is 12.2 Å². The number of carbonyl (C=O) groups is 2. The number of unbranched alkanes of at least 4 members (excludes halogenated alkanes) is 2.